The second-order valence-electron chi connectivity index (χ2n) is 5.49. The minimum atomic E-state index is -0.505. The summed E-state index contributed by atoms with van der Waals surface area (Å²) in [4.78, 5) is 23.5. The third-order valence-electron chi connectivity index (χ3n) is 4.64. The van der Waals surface area contributed by atoms with Crippen molar-refractivity contribution in [2.24, 2.45) is 17.3 Å². The predicted molar refractivity (Wildman–Crippen MR) is 67.7 cm³/mol. The third-order valence-corrected chi connectivity index (χ3v) is 4.64. The molecule has 3 rings (SSSR count). The predicted octanol–water partition coefficient (Wildman–Crippen LogP) is 1.66. The van der Waals surface area contributed by atoms with E-state index in [1.807, 2.05) is 0 Å². The molecule has 0 saturated heterocycles. The second-order valence-corrected chi connectivity index (χ2v) is 5.49. The number of amides is 1. The molecular formula is C14H21NO3. The molecular weight excluding hydrogens is 230 g/mol. The van der Waals surface area contributed by atoms with Gasteiger partial charge in [0.15, 0.2) is 0 Å². The van der Waals surface area contributed by atoms with Crippen LogP contribution in [0.3, 0.4) is 0 Å². The molecule has 3 fully saturated rings. The highest BCUT2D eigenvalue weighted by molar-refractivity contribution is 5.87. The highest BCUT2D eigenvalue weighted by atomic mass is 16.5. The molecule has 0 radical (unpaired) electrons. The SMILES string of the molecule is C=CC(=O)NCC1(C(=O)OC)CC2CCC1CC2. The van der Waals surface area contributed by atoms with Gasteiger partial charge in [-0.2, -0.15) is 0 Å². The maximum atomic E-state index is 12.2. The first-order chi connectivity index (χ1) is 8.62. The van der Waals surface area contributed by atoms with Gasteiger partial charge in [0.1, 0.15) is 0 Å². The first-order valence-electron chi connectivity index (χ1n) is 6.61. The van der Waals surface area contributed by atoms with Crippen molar-refractivity contribution in [1.29, 1.82) is 0 Å². The molecule has 1 unspecified atom stereocenters. The topological polar surface area (TPSA) is 55.4 Å². The number of rotatable bonds is 4. The molecule has 0 aromatic carbocycles. The van der Waals surface area contributed by atoms with Crippen molar-refractivity contribution in [2.45, 2.75) is 32.1 Å². The summed E-state index contributed by atoms with van der Waals surface area (Å²) in [7, 11) is 1.43. The molecule has 1 atom stereocenters. The van der Waals surface area contributed by atoms with Gasteiger partial charge in [0.05, 0.1) is 12.5 Å². The van der Waals surface area contributed by atoms with Gasteiger partial charge >= 0.3 is 5.97 Å². The molecule has 4 nitrogen and oxygen atoms in total. The van der Waals surface area contributed by atoms with Gasteiger partial charge in [-0.25, -0.2) is 0 Å². The highest BCUT2D eigenvalue weighted by Crippen LogP contribution is 2.52. The van der Waals surface area contributed by atoms with E-state index in [0.29, 0.717) is 18.4 Å². The Hall–Kier alpha value is -1.32. The minimum absolute atomic E-state index is 0.165. The summed E-state index contributed by atoms with van der Waals surface area (Å²) in [6.45, 7) is 3.81. The van der Waals surface area contributed by atoms with Crippen molar-refractivity contribution < 1.29 is 14.3 Å². The molecule has 4 heteroatoms. The molecule has 0 heterocycles. The number of fused-ring (bicyclic) bond motifs is 3. The lowest BCUT2D eigenvalue weighted by Crippen LogP contribution is -2.53. The average Bonchev–Trinajstić information content (AvgIpc) is 2.44. The van der Waals surface area contributed by atoms with Crippen molar-refractivity contribution in [2.75, 3.05) is 13.7 Å². The van der Waals surface area contributed by atoms with Gasteiger partial charge < -0.3 is 10.1 Å². The molecule has 0 spiro atoms. The number of nitrogens with one attached hydrogen (secondary N) is 1. The number of carbonyl (C=O) groups excluding carboxylic acids is 2. The molecule has 3 aliphatic carbocycles. The number of ether oxygens (including phenoxy) is 1. The van der Waals surface area contributed by atoms with Crippen molar-refractivity contribution in [3.05, 3.63) is 12.7 Å². The Morgan fingerprint density at radius 2 is 2.06 bits per heavy atom. The zero-order valence-electron chi connectivity index (χ0n) is 10.9. The van der Waals surface area contributed by atoms with E-state index in [9.17, 15) is 9.59 Å². The number of hydrogen-bond acceptors (Lipinski definition) is 3. The average molecular weight is 251 g/mol. The van der Waals surface area contributed by atoms with Gasteiger partial charge in [-0.1, -0.05) is 19.4 Å². The zero-order valence-corrected chi connectivity index (χ0v) is 10.9. The van der Waals surface area contributed by atoms with Gasteiger partial charge in [-0.15, -0.1) is 0 Å². The van der Waals surface area contributed by atoms with E-state index in [2.05, 4.69) is 11.9 Å². The molecule has 0 aromatic heterocycles. The van der Waals surface area contributed by atoms with Crippen LogP contribution in [-0.4, -0.2) is 25.5 Å². The van der Waals surface area contributed by atoms with Gasteiger partial charge in [0.2, 0.25) is 5.91 Å². The van der Waals surface area contributed by atoms with Crippen LogP contribution < -0.4 is 5.32 Å². The molecule has 0 aromatic rings. The fraction of sp³-hybridized carbons (Fsp3) is 0.714. The lowest BCUT2D eigenvalue weighted by molar-refractivity contribution is -0.164. The molecule has 2 bridgehead atoms. The van der Waals surface area contributed by atoms with E-state index in [-0.39, 0.29) is 11.9 Å². The largest absolute Gasteiger partial charge is 0.469 e. The van der Waals surface area contributed by atoms with Crippen molar-refractivity contribution >= 4 is 11.9 Å². The van der Waals surface area contributed by atoms with Gasteiger partial charge in [0, 0.05) is 6.54 Å². The number of methoxy groups -OCH3 is 1. The standard InChI is InChI=1S/C14H21NO3/c1-3-12(16)15-9-14(13(17)18-2)8-10-4-6-11(14)7-5-10/h3,10-11H,1,4-9H2,2H3,(H,15,16). The molecule has 100 valence electrons. The van der Waals surface area contributed by atoms with Crippen LogP contribution in [0.25, 0.3) is 0 Å². The second kappa shape index (κ2) is 5.12. The minimum Gasteiger partial charge on any atom is -0.469 e. The molecule has 3 saturated carbocycles. The maximum Gasteiger partial charge on any atom is 0.313 e. The van der Waals surface area contributed by atoms with E-state index in [0.717, 1.165) is 19.3 Å². The molecule has 1 amide bonds. The first-order valence-corrected chi connectivity index (χ1v) is 6.61. The van der Waals surface area contributed by atoms with Crippen molar-refractivity contribution in [1.82, 2.24) is 5.32 Å². The fourth-order valence-electron chi connectivity index (χ4n) is 3.66. The Bertz CT molecular complexity index is 358. The quantitative estimate of drug-likeness (QED) is 0.610. The number of hydrogen-bond donors (Lipinski definition) is 1. The summed E-state index contributed by atoms with van der Waals surface area (Å²) >= 11 is 0. The summed E-state index contributed by atoms with van der Waals surface area (Å²) in [5, 5.41) is 2.79. The first kappa shape index (κ1) is 13.1. The van der Waals surface area contributed by atoms with E-state index >= 15 is 0 Å². The van der Waals surface area contributed by atoms with Crippen molar-refractivity contribution in [3.8, 4) is 0 Å². The van der Waals surface area contributed by atoms with Crippen LogP contribution in [0.15, 0.2) is 12.7 Å². The zero-order chi connectivity index (χ0) is 13.2. The molecule has 18 heavy (non-hydrogen) atoms. The molecule has 0 aliphatic heterocycles. The maximum absolute atomic E-state index is 12.2. The van der Waals surface area contributed by atoms with Crippen LogP contribution in [0, 0.1) is 17.3 Å². The van der Waals surface area contributed by atoms with Gasteiger partial charge in [0.25, 0.3) is 0 Å². The van der Waals surface area contributed by atoms with Crippen LogP contribution in [-0.2, 0) is 14.3 Å². The smallest absolute Gasteiger partial charge is 0.313 e. The monoisotopic (exact) mass is 251 g/mol. The van der Waals surface area contributed by atoms with E-state index < -0.39 is 5.41 Å². The number of carbonyl (C=O) groups is 2. The fourth-order valence-corrected chi connectivity index (χ4v) is 3.66. The highest BCUT2D eigenvalue weighted by Gasteiger charge is 2.53. The normalized spacial score (nSPS) is 33.8. The molecule has 1 N–H and O–H groups in total. The summed E-state index contributed by atoms with van der Waals surface area (Å²) < 4.78 is 5.00. The Balaban J connectivity index is 2.16. The Kier molecular flexibility index (Phi) is 3.73. The van der Waals surface area contributed by atoms with Crippen LogP contribution in [0.5, 0.6) is 0 Å². The summed E-state index contributed by atoms with van der Waals surface area (Å²) in [6, 6.07) is 0. The van der Waals surface area contributed by atoms with Crippen LogP contribution in [0.1, 0.15) is 32.1 Å². The van der Waals surface area contributed by atoms with E-state index in [1.54, 1.807) is 0 Å². The van der Waals surface area contributed by atoms with Crippen LogP contribution >= 0.6 is 0 Å². The third kappa shape index (κ3) is 2.16. The lowest BCUT2D eigenvalue weighted by atomic mass is 9.56. The Morgan fingerprint density at radius 3 is 2.50 bits per heavy atom. The van der Waals surface area contributed by atoms with Crippen LogP contribution in [0.2, 0.25) is 0 Å². The Labute approximate surface area is 108 Å². The van der Waals surface area contributed by atoms with Crippen molar-refractivity contribution in [3.63, 3.8) is 0 Å². The van der Waals surface area contributed by atoms with E-state index in [1.165, 1.54) is 26.0 Å². The van der Waals surface area contributed by atoms with Gasteiger partial charge in [-0.3, -0.25) is 9.59 Å². The summed E-state index contributed by atoms with van der Waals surface area (Å²) in [6.07, 6.45) is 6.65. The Morgan fingerprint density at radius 1 is 1.39 bits per heavy atom. The van der Waals surface area contributed by atoms with Gasteiger partial charge in [-0.05, 0) is 37.2 Å². The van der Waals surface area contributed by atoms with Crippen LogP contribution in [0.4, 0.5) is 0 Å². The van der Waals surface area contributed by atoms with E-state index in [4.69, 9.17) is 4.74 Å². The molecule has 3 aliphatic rings. The number of esters is 1. The lowest BCUT2D eigenvalue weighted by Gasteiger charge is -2.49. The summed E-state index contributed by atoms with van der Waals surface area (Å²) in [5.41, 5.74) is -0.505. The summed E-state index contributed by atoms with van der Waals surface area (Å²) in [5.74, 6) is 0.566.